The zero-order chi connectivity index (χ0) is 18.0. The molecule has 0 aliphatic rings. The molecule has 0 fully saturated rings. The van der Waals surface area contributed by atoms with Crippen LogP contribution in [0.5, 0.6) is 0 Å². The zero-order valence-corrected chi connectivity index (χ0v) is 14.6. The molecule has 1 aromatic heterocycles. The third-order valence-electron chi connectivity index (χ3n) is 4.20. The lowest BCUT2D eigenvalue weighted by atomic mass is 10.0. The molecule has 1 amide bonds. The number of benzene rings is 2. The van der Waals surface area contributed by atoms with E-state index < -0.39 is 0 Å². The Balaban J connectivity index is 1.73. The molecule has 3 aromatic rings. The van der Waals surface area contributed by atoms with Crippen LogP contribution in [0.4, 0.5) is 5.69 Å². The fraction of sp³-hybridized carbons (Fsp3) is 0.250. The Morgan fingerprint density at radius 2 is 1.80 bits per heavy atom. The second kappa shape index (κ2) is 6.89. The van der Waals surface area contributed by atoms with Gasteiger partial charge in [-0.2, -0.15) is 0 Å². The van der Waals surface area contributed by atoms with Crippen molar-refractivity contribution in [2.75, 3.05) is 5.32 Å². The number of aromatic nitrogens is 2. The van der Waals surface area contributed by atoms with Crippen molar-refractivity contribution in [1.82, 2.24) is 9.97 Å². The summed E-state index contributed by atoms with van der Waals surface area (Å²) >= 11 is 0. The number of carbonyl (C=O) groups is 1. The molecule has 5 heteroatoms. The highest BCUT2D eigenvalue weighted by atomic mass is 16.1. The number of H-pyrrole nitrogens is 1. The van der Waals surface area contributed by atoms with E-state index >= 15 is 0 Å². The first-order chi connectivity index (χ1) is 11.9. The first-order valence-corrected chi connectivity index (χ1v) is 8.29. The number of rotatable bonds is 4. The topological polar surface area (TPSA) is 74.8 Å². The van der Waals surface area contributed by atoms with Crippen molar-refractivity contribution in [2.45, 2.75) is 33.6 Å². The van der Waals surface area contributed by atoms with Crippen LogP contribution in [0.15, 0.2) is 41.2 Å². The fourth-order valence-electron chi connectivity index (χ4n) is 3.05. The first kappa shape index (κ1) is 16.9. The molecule has 128 valence electrons. The smallest absolute Gasteiger partial charge is 0.270 e. The van der Waals surface area contributed by atoms with Gasteiger partial charge in [-0.1, -0.05) is 29.8 Å². The zero-order valence-electron chi connectivity index (χ0n) is 14.6. The third kappa shape index (κ3) is 3.76. The quantitative estimate of drug-likeness (QED) is 0.767. The summed E-state index contributed by atoms with van der Waals surface area (Å²) in [5.41, 5.74) is 5.64. The highest BCUT2D eigenvalue weighted by Crippen LogP contribution is 2.22. The van der Waals surface area contributed by atoms with E-state index in [1.807, 2.05) is 57.2 Å². The molecule has 0 saturated heterocycles. The van der Waals surface area contributed by atoms with E-state index in [2.05, 4.69) is 15.3 Å². The van der Waals surface area contributed by atoms with Gasteiger partial charge in [0.15, 0.2) is 0 Å². The molecule has 5 nitrogen and oxygen atoms in total. The number of para-hydroxylation sites is 2. The number of anilines is 1. The Morgan fingerprint density at radius 1 is 1.12 bits per heavy atom. The summed E-state index contributed by atoms with van der Waals surface area (Å²) in [7, 11) is 0. The summed E-state index contributed by atoms with van der Waals surface area (Å²) in [6.45, 7) is 5.99. The van der Waals surface area contributed by atoms with E-state index in [9.17, 15) is 9.59 Å². The van der Waals surface area contributed by atoms with Gasteiger partial charge in [-0.05, 0) is 44.0 Å². The SMILES string of the molecule is Cc1cc(C)c(NC(=O)CCc2nc3ccccc3[nH]c2=O)c(C)c1. The number of aryl methyl sites for hydroxylation is 4. The van der Waals surface area contributed by atoms with Gasteiger partial charge in [0.1, 0.15) is 5.69 Å². The molecule has 0 aliphatic carbocycles. The van der Waals surface area contributed by atoms with Crippen molar-refractivity contribution < 1.29 is 4.79 Å². The van der Waals surface area contributed by atoms with Crippen molar-refractivity contribution >= 4 is 22.6 Å². The molecule has 3 rings (SSSR count). The van der Waals surface area contributed by atoms with Gasteiger partial charge in [0, 0.05) is 18.5 Å². The summed E-state index contributed by atoms with van der Waals surface area (Å²) in [6.07, 6.45) is 0.511. The van der Waals surface area contributed by atoms with Gasteiger partial charge in [-0.15, -0.1) is 0 Å². The van der Waals surface area contributed by atoms with E-state index in [1.54, 1.807) is 0 Å². The van der Waals surface area contributed by atoms with E-state index in [-0.39, 0.29) is 17.9 Å². The molecular weight excluding hydrogens is 314 g/mol. The largest absolute Gasteiger partial charge is 0.326 e. The summed E-state index contributed by atoms with van der Waals surface area (Å²) in [5.74, 6) is -0.121. The van der Waals surface area contributed by atoms with Crippen LogP contribution in [0.3, 0.4) is 0 Å². The highest BCUT2D eigenvalue weighted by Gasteiger charge is 2.11. The van der Waals surface area contributed by atoms with Crippen LogP contribution in [0.2, 0.25) is 0 Å². The maximum absolute atomic E-state index is 12.3. The van der Waals surface area contributed by atoms with Crippen LogP contribution in [0.1, 0.15) is 28.8 Å². The average Bonchev–Trinajstić information content (AvgIpc) is 2.56. The van der Waals surface area contributed by atoms with Crippen molar-refractivity contribution in [3.05, 3.63) is 69.1 Å². The minimum absolute atomic E-state index is 0.121. The number of amides is 1. The van der Waals surface area contributed by atoms with E-state index in [0.29, 0.717) is 17.6 Å². The van der Waals surface area contributed by atoms with Crippen molar-refractivity contribution in [2.24, 2.45) is 0 Å². The standard InChI is InChI=1S/C20H21N3O2/c1-12-10-13(2)19(14(3)11-12)23-18(24)9-8-17-20(25)22-16-7-5-4-6-15(16)21-17/h4-7,10-11H,8-9H2,1-3H3,(H,22,25)(H,23,24). The lowest BCUT2D eigenvalue weighted by Crippen LogP contribution is -2.19. The first-order valence-electron chi connectivity index (χ1n) is 8.29. The van der Waals surface area contributed by atoms with Gasteiger partial charge in [0.05, 0.1) is 11.0 Å². The number of fused-ring (bicyclic) bond motifs is 1. The van der Waals surface area contributed by atoms with Crippen molar-refractivity contribution in [3.8, 4) is 0 Å². The Kier molecular flexibility index (Phi) is 4.65. The molecule has 25 heavy (non-hydrogen) atoms. The predicted octanol–water partition coefficient (Wildman–Crippen LogP) is 3.42. The van der Waals surface area contributed by atoms with Gasteiger partial charge < -0.3 is 10.3 Å². The van der Waals surface area contributed by atoms with Gasteiger partial charge in [0.2, 0.25) is 5.91 Å². The maximum Gasteiger partial charge on any atom is 0.270 e. The van der Waals surface area contributed by atoms with Gasteiger partial charge in [-0.25, -0.2) is 4.98 Å². The minimum Gasteiger partial charge on any atom is -0.326 e. The van der Waals surface area contributed by atoms with Crippen LogP contribution in [0, 0.1) is 20.8 Å². The summed E-state index contributed by atoms with van der Waals surface area (Å²) < 4.78 is 0. The maximum atomic E-state index is 12.3. The third-order valence-corrected chi connectivity index (χ3v) is 4.20. The molecule has 0 atom stereocenters. The van der Waals surface area contributed by atoms with E-state index in [4.69, 9.17) is 0 Å². The Labute approximate surface area is 146 Å². The molecule has 0 unspecified atom stereocenters. The number of nitrogens with zero attached hydrogens (tertiary/aromatic N) is 1. The molecule has 1 heterocycles. The lowest BCUT2D eigenvalue weighted by molar-refractivity contribution is -0.116. The molecule has 0 radical (unpaired) electrons. The van der Waals surface area contributed by atoms with Crippen molar-refractivity contribution in [1.29, 1.82) is 0 Å². The normalized spacial score (nSPS) is 10.8. The molecule has 2 N–H and O–H groups in total. The number of aromatic amines is 1. The van der Waals surface area contributed by atoms with Crippen LogP contribution in [-0.4, -0.2) is 15.9 Å². The summed E-state index contributed by atoms with van der Waals surface area (Å²) in [5, 5.41) is 2.95. The molecular formula is C20H21N3O2. The fourth-order valence-corrected chi connectivity index (χ4v) is 3.05. The van der Waals surface area contributed by atoms with E-state index in [0.717, 1.165) is 22.3 Å². The summed E-state index contributed by atoms with van der Waals surface area (Å²) in [6, 6.07) is 11.4. The molecule has 2 aromatic carbocycles. The Morgan fingerprint density at radius 3 is 2.52 bits per heavy atom. The minimum atomic E-state index is -0.241. The summed E-state index contributed by atoms with van der Waals surface area (Å²) in [4.78, 5) is 31.6. The monoisotopic (exact) mass is 335 g/mol. The van der Waals surface area contributed by atoms with Crippen LogP contribution < -0.4 is 10.9 Å². The van der Waals surface area contributed by atoms with E-state index in [1.165, 1.54) is 5.56 Å². The van der Waals surface area contributed by atoms with Gasteiger partial charge >= 0.3 is 0 Å². The average molecular weight is 335 g/mol. The van der Waals surface area contributed by atoms with Gasteiger partial charge in [-0.3, -0.25) is 9.59 Å². The Hall–Kier alpha value is -2.95. The number of nitrogens with one attached hydrogen (secondary N) is 2. The molecule has 0 bridgehead atoms. The number of carbonyl (C=O) groups excluding carboxylic acids is 1. The Bertz CT molecular complexity index is 982. The number of hydrogen-bond donors (Lipinski definition) is 2. The second-order valence-corrected chi connectivity index (χ2v) is 6.35. The van der Waals surface area contributed by atoms with Crippen LogP contribution in [0.25, 0.3) is 11.0 Å². The second-order valence-electron chi connectivity index (χ2n) is 6.35. The molecule has 0 saturated carbocycles. The van der Waals surface area contributed by atoms with Crippen LogP contribution in [-0.2, 0) is 11.2 Å². The highest BCUT2D eigenvalue weighted by molar-refractivity contribution is 5.92. The van der Waals surface area contributed by atoms with Crippen molar-refractivity contribution in [3.63, 3.8) is 0 Å². The number of hydrogen-bond acceptors (Lipinski definition) is 3. The predicted molar refractivity (Wildman–Crippen MR) is 100.0 cm³/mol. The van der Waals surface area contributed by atoms with Crippen LogP contribution >= 0.6 is 0 Å². The molecule has 0 spiro atoms. The lowest BCUT2D eigenvalue weighted by Gasteiger charge is -2.12. The van der Waals surface area contributed by atoms with Gasteiger partial charge in [0.25, 0.3) is 5.56 Å². The molecule has 0 aliphatic heterocycles.